The van der Waals surface area contributed by atoms with Crippen LogP contribution < -0.4 is 0 Å². The molecule has 3 N–H and O–H groups in total. The van der Waals surface area contributed by atoms with E-state index < -0.39 is 18.3 Å². The van der Waals surface area contributed by atoms with E-state index in [1.807, 2.05) is 0 Å². The molecular weight excluding hydrogens is 173 g/mol. The van der Waals surface area contributed by atoms with Gasteiger partial charge < -0.3 is 15.3 Å². The second-order valence-corrected chi connectivity index (χ2v) is 1.09. The number of halogens is 3. The second kappa shape index (κ2) is 4.36. The van der Waals surface area contributed by atoms with E-state index in [1.165, 1.54) is 0 Å². The number of hydrogen-bond acceptors (Lipinski definition) is 2. The Morgan fingerprint density at radius 3 is 1.09 bits per heavy atom. The summed E-state index contributed by atoms with van der Waals surface area (Å²) < 4.78 is 31.7. The molecule has 0 unspecified atom stereocenters. The predicted molar refractivity (Wildman–Crippen MR) is 24.3 cm³/mol. The predicted octanol–water partition coefficient (Wildman–Crippen LogP) is 0.856. The summed E-state index contributed by atoms with van der Waals surface area (Å²) in [6.45, 7) is 0. The monoisotopic (exact) mass is 176 g/mol. The fraction of sp³-hybridized carbons (Fsp3) is 0.333. The molecule has 0 amide bonds. The van der Waals surface area contributed by atoms with Gasteiger partial charge in [-0.25, -0.2) is 9.59 Å². The Hall–Kier alpha value is -1.47. The summed E-state index contributed by atoms with van der Waals surface area (Å²) in [4.78, 5) is 17.5. The van der Waals surface area contributed by atoms with E-state index in [9.17, 15) is 13.2 Å². The summed E-state index contributed by atoms with van der Waals surface area (Å²) in [5.41, 5.74) is 0. The van der Waals surface area contributed by atoms with Gasteiger partial charge >= 0.3 is 18.3 Å². The van der Waals surface area contributed by atoms with Crippen LogP contribution in [0.1, 0.15) is 0 Å². The van der Waals surface area contributed by atoms with Gasteiger partial charge in [0.25, 0.3) is 0 Å². The van der Waals surface area contributed by atoms with Crippen LogP contribution in [0, 0.1) is 0 Å². The van der Waals surface area contributed by atoms with Crippen molar-refractivity contribution in [2.45, 2.75) is 6.18 Å². The number of alkyl halides is 3. The topological polar surface area (TPSA) is 94.8 Å². The fourth-order valence-corrected chi connectivity index (χ4v) is 0. The first kappa shape index (κ1) is 12.2. The zero-order valence-electron chi connectivity index (χ0n) is 4.79. The van der Waals surface area contributed by atoms with Crippen molar-refractivity contribution in [2.75, 3.05) is 0 Å². The molecule has 0 fully saturated rings. The number of rotatable bonds is 0. The lowest BCUT2D eigenvalue weighted by molar-refractivity contribution is -0.192. The zero-order valence-corrected chi connectivity index (χ0v) is 4.79. The maximum atomic E-state index is 10.6. The van der Waals surface area contributed by atoms with Gasteiger partial charge in [-0.2, -0.15) is 13.2 Å². The highest BCUT2D eigenvalue weighted by atomic mass is 19.4. The minimum Gasteiger partial charge on any atom is -0.475 e. The van der Waals surface area contributed by atoms with Crippen molar-refractivity contribution in [2.24, 2.45) is 0 Å². The van der Waals surface area contributed by atoms with E-state index >= 15 is 0 Å². The molecule has 0 bridgehead atoms. The molecule has 0 aromatic carbocycles. The maximum absolute atomic E-state index is 10.6. The first-order valence-electron chi connectivity index (χ1n) is 1.90. The van der Waals surface area contributed by atoms with Crippen LogP contribution in [0.4, 0.5) is 18.0 Å². The molecule has 0 aromatic heterocycles. The van der Waals surface area contributed by atoms with Crippen LogP contribution in [0.15, 0.2) is 0 Å². The van der Waals surface area contributed by atoms with Crippen molar-refractivity contribution < 1.29 is 38.1 Å². The molecular formula is C3H3F3O5. The molecule has 0 saturated carbocycles. The Morgan fingerprint density at radius 2 is 1.09 bits per heavy atom. The molecule has 0 aliphatic carbocycles. The molecule has 0 heterocycles. The van der Waals surface area contributed by atoms with E-state index in [2.05, 4.69) is 0 Å². The number of hydrogen-bond donors (Lipinski definition) is 3. The van der Waals surface area contributed by atoms with Gasteiger partial charge in [0, 0.05) is 0 Å². The summed E-state index contributed by atoms with van der Waals surface area (Å²) in [7, 11) is 0. The molecule has 0 aromatic rings. The lowest BCUT2D eigenvalue weighted by atomic mass is 10.7. The molecule has 0 saturated heterocycles. The average molecular weight is 176 g/mol. The summed E-state index contributed by atoms with van der Waals surface area (Å²) in [5, 5.41) is 21.1. The van der Waals surface area contributed by atoms with Gasteiger partial charge in [-0.1, -0.05) is 0 Å². The Balaban J connectivity index is 0. The number of carbonyl (C=O) groups is 2. The van der Waals surface area contributed by atoms with E-state index in [-0.39, 0.29) is 0 Å². The van der Waals surface area contributed by atoms with Crippen LogP contribution in [0.3, 0.4) is 0 Å². The van der Waals surface area contributed by atoms with Crippen molar-refractivity contribution in [3.05, 3.63) is 0 Å². The van der Waals surface area contributed by atoms with Gasteiger partial charge in [0.05, 0.1) is 0 Å². The van der Waals surface area contributed by atoms with E-state index in [0.717, 1.165) is 0 Å². The number of aliphatic carboxylic acids is 1. The first-order valence-corrected chi connectivity index (χ1v) is 1.90. The van der Waals surface area contributed by atoms with Crippen molar-refractivity contribution in [3.8, 4) is 0 Å². The molecule has 5 nitrogen and oxygen atoms in total. The Morgan fingerprint density at radius 1 is 1.00 bits per heavy atom. The zero-order chi connectivity index (χ0) is 9.65. The van der Waals surface area contributed by atoms with Gasteiger partial charge in [-0.3, -0.25) is 0 Å². The van der Waals surface area contributed by atoms with Gasteiger partial charge in [0.2, 0.25) is 0 Å². The molecule has 0 atom stereocenters. The largest absolute Gasteiger partial charge is 0.503 e. The maximum Gasteiger partial charge on any atom is 0.503 e. The molecule has 0 radical (unpaired) electrons. The molecule has 0 aliphatic heterocycles. The molecule has 0 spiro atoms. The van der Waals surface area contributed by atoms with Crippen LogP contribution in [0.25, 0.3) is 0 Å². The minimum atomic E-state index is -5.08. The lowest BCUT2D eigenvalue weighted by Gasteiger charge is -1.93. The third-order valence-corrected chi connectivity index (χ3v) is 0.243. The van der Waals surface area contributed by atoms with E-state index in [0.29, 0.717) is 0 Å². The highest BCUT2D eigenvalue weighted by molar-refractivity contribution is 5.73. The molecule has 11 heavy (non-hydrogen) atoms. The number of carboxylic acids is 1. The smallest absolute Gasteiger partial charge is 0.475 e. The first-order chi connectivity index (χ1) is 4.68. The van der Waals surface area contributed by atoms with Crippen molar-refractivity contribution in [1.29, 1.82) is 0 Å². The van der Waals surface area contributed by atoms with Gasteiger partial charge in [-0.05, 0) is 0 Å². The molecule has 0 rings (SSSR count). The Labute approximate surface area is 57.7 Å². The minimum absolute atomic E-state index is 1.83. The molecule has 66 valence electrons. The van der Waals surface area contributed by atoms with Gasteiger partial charge in [0.1, 0.15) is 0 Å². The van der Waals surface area contributed by atoms with Crippen molar-refractivity contribution in [1.82, 2.24) is 0 Å². The number of carboxylic acid groups (broad SMARTS) is 3. The standard InChI is InChI=1S/C2HF3O2.CH2O3/c3-2(4,5)1(6)7;2-1(3)4/h(H,6,7);(H2,2,3,4). The summed E-state index contributed by atoms with van der Waals surface area (Å²) in [6, 6.07) is 0. The second-order valence-electron chi connectivity index (χ2n) is 1.09. The van der Waals surface area contributed by atoms with Crippen LogP contribution in [-0.4, -0.2) is 33.6 Å². The van der Waals surface area contributed by atoms with E-state index in [1.54, 1.807) is 0 Å². The normalized spacial score (nSPS) is 9.36. The van der Waals surface area contributed by atoms with Crippen LogP contribution >= 0.6 is 0 Å². The summed E-state index contributed by atoms with van der Waals surface area (Å²) in [6.07, 6.45) is -6.92. The summed E-state index contributed by atoms with van der Waals surface area (Å²) in [5.74, 6) is -2.76. The van der Waals surface area contributed by atoms with Crippen LogP contribution in [0.2, 0.25) is 0 Å². The quantitative estimate of drug-likeness (QED) is 0.508. The third-order valence-electron chi connectivity index (χ3n) is 0.243. The van der Waals surface area contributed by atoms with Crippen LogP contribution in [-0.2, 0) is 4.79 Å². The SMILES string of the molecule is O=C(O)C(F)(F)F.O=C(O)O. The Bertz CT molecular complexity index is 146. The highest BCUT2D eigenvalue weighted by Gasteiger charge is 2.38. The van der Waals surface area contributed by atoms with Crippen molar-refractivity contribution in [3.63, 3.8) is 0 Å². The fourth-order valence-electron chi connectivity index (χ4n) is 0. The highest BCUT2D eigenvalue weighted by Crippen LogP contribution is 2.13. The van der Waals surface area contributed by atoms with Gasteiger partial charge in [0.15, 0.2) is 0 Å². The Kier molecular flexibility index (Phi) is 4.85. The van der Waals surface area contributed by atoms with Crippen molar-refractivity contribution >= 4 is 12.1 Å². The van der Waals surface area contributed by atoms with E-state index in [4.69, 9.17) is 24.9 Å². The molecule has 0 aliphatic rings. The summed E-state index contributed by atoms with van der Waals surface area (Å²) >= 11 is 0. The van der Waals surface area contributed by atoms with Crippen LogP contribution in [0.5, 0.6) is 0 Å². The average Bonchev–Trinajstić information content (AvgIpc) is 1.59. The lowest BCUT2D eigenvalue weighted by Crippen LogP contribution is -2.21. The third kappa shape index (κ3) is 17.7. The molecule has 8 heteroatoms. The van der Waals surface area contributed by atoms with Gasteiger partial charge in [-0.15, -0.1) is 0 Å².